The number of hydrogen-bond acceptors (Lipinski definition) is 2. The topological polar surface area (TPSA) is 49.4 Å². The van der Waals surface area contributed by atoms with Crippen molar-refractivity contribution in [3.05, 3.63) is 48.0 Å². The SMILES string of the molecule is O=C(Cc1cccc2ccccc12)NCC(=O)N1CCC1. The second-order valence-corrected chi connectivity index (χ2v) is 5.33. The highest BCUT2D eigenvalue weighted by molar-refractivity contribution is 5.91. The van der Waals surface area contributed by atoms with Gasteiger partial charge in [-0.25, -0.2) is 0 Å². The lowest BCUT2D eigenvalue weighted by Gasteiger charge is -2.30. The summed E-state index contributed by atoms with van der Waals surface area (Å²) >= 11 is 0. The summed E-state index contributed by atoms with van der Waals surface area (Å²) in [6.45, 7) is 1.74. The molecule has 0 aliphatic carbocycles. The predicted molar refractivity (Wildman–Crippen MR) is 81.9 cm³/mol. The molecule has 0 saturated carbocycles. The standard InChI is InChI=1S/C17H18N2O2/c20-16(18-12-17(21)19-9-4-10-19)11-14-7-3-6-13-5-1-2-8-15(13)14/h1-3,5-8H,4,9-12H2,(H,18,20). The van der Waals surface area contributed by atoms with Gasteiger partial charge in [0.15, 0.2) is 0 Å². The molecule has 2 aromatic rings. The Kier molecular flexibility index (Phi) is 3.86. The van der Waals surface area contributed by atoms with E-state index in [1.54, 1.807) is 4.90 Å². The Hall–Kier alpha value is -2.36. The Labute approximate surface area is 123 Å². The molecule has 108 valence electrons. The lowest BCUT2D eigenvalue weighted by Crippen LogP contribution is -2.47. The van der Waals surface area contributed by atoms with Gasteiger partial charge < -0.3 is 10.2 Å². The van der Waals surface area contributed by atoms with Gasteiger partial charge in [-0.2, -0.15) is 0 Å². The molecule has 21 heavy (non-hydrogen) atoms. The Morgan fingerprint density at radius 2 is 1.81 bits per heavy atom. The largest absolute Gasteiger partial charge is 0.347 e. The molecule has 2 amide bonds. The van der Waals surface area contributed by atoms with E-state index in [0.717, 1.165) is 35.8 Å². The van der Waals surface area contributed by atoms with E-state index < -0.39 is 0 Å². The van der Waals surface area contributed by atoms with E-state index in [2.05, 4.69) is 5.32 Å². The summed E-state index contributed by atoms with van der Waals surface area (Å²) in [5, 5.41) is 4.93. The number of carbonyl (C=O) groups is 2. The molecule has 1 aliphatic heterocycles. The molecule has 0 spiro atoms. The second-order valence-electron chi connectivity index (χ2n) is 5.33. The number of likely N-dealkylation sites (tertiary alicyclic amines) is 1. The van der Waals surface area contributed by atoms with Crippen LogP contribution in [0.4, 0.5) is 0 Å². The highest BCUT2D eigenvalue weighted by atomic mass is 16.2. The summed E-state index contributed by atoms with van der Waals surface area (Å²) in [4.78, 5) is 25.5. The smallest absolute Gasteiger partial charge is 0.241 e. The molecule has 2 aromatic carbocycles. The summed E-state index contributed by atoms with van der Waals surface area (Å²) in [6, 6.07) is 13.9. The van der Waals surface area contributed by atoms with Gasteiger partial charge in [-0.05, 0) is 22.8 Å². The minimum Gasteiger partial charge on any atom is -0.347 e. The maximum absolute atomic E-state index is 12.0. The first-order valence-electron chi connectivity index (χ1n) is 7.25. The molecule has 1 fully saturated rings. The molecule has 4 heteroatoms. The van der Waals surface area contributed by atoms with Gasteiger partial charge in [-0.3, -0.25) is 9.59 Å². The Balaban J connectivity index is 1.62. The van der Waals surface area contributed by atoms with E-state index in [1.807, 2.05) is 42.5 Å². The third kappa shape index (κ3) is 3.05. The molecular weight excluding hydrogens is 264 g/mol. The summed E-state index contributed by atoms with van der Waals surface area (Å²) in [5.41, 5.74) is 0.988. The molecule has 3 rings (SSSR count). The lowest BCUT2D eigenvalue weighted by molar-refractivity contribution is -0.135. The fourth-order valence-corrected chi connectivity index (χ4v) is 2.53. The molecular formula is C17H18N2O2. The van der Waals surface area contributed by atoms with Crippen molar-refractivity contribution < 1.29 is 9.59 Å². The van der Waals surface area contributed by atoms with Gasteiger partial charge in [0.2, 0.25) is 11.8 Å². The van der Waals surface area contributed by atoms with E-state index in [0.29, 0.717) is 6.42 Å². The predicted octanol–water partition coefficient (Wildman–Crippen LogP) is 1.73. The minimum atomic E-state index is -0.111. The van der Waals surface area contributed by atoms with Crippen molar-refractivity contribution in [2.75, 3.05) is 19.6 Å². The molecule has 1 aliphatic rings. The third-order valence-corrected chi connectivity index (χ3v) is 3.88. The lowest BCUT2D eigenvalue weighted by atomic mass is 10.0. The maximum Gasteiger partial charge on any atom is 0.241 e. The normalized spacial score (nSPS) is 13.8. The van der Waals surface area contributed by atoms with Gasteiger partial charge in [0.25, 0.3) is 0 Å². The molecule has 0 bridgehead atoms. The first-order valence-corrected chi connectivity index (χ1v) is 7.25. The minimum absolute atomic E-state index is 0.00696. The highest BCUT2D eigenvalue weighted by Crippen LogP contribution is 2.18. The Morgan fingerprint density at radius 1 is 1.05 bits per heavy atom. The zero-order chi connectivity index (χ0) is 14.7. The van der Waals surface area contributed by atoms with Crippen LogP contribution in [0.25, 0.3) is 10.8 Å². The summed E-state index contributed by atoms with van der Waals surface area (Å²) in [6.07, 6.45) is 1.37. The fourth-order valence-electron chi connectivity index (χ4n) is 2.53. The van der Waals surface area contributed by atoms with Crippen LogP contribution in [0.1, 0.15) is 12.0 Å². The van der Waals surface area contributed by atoms with Gasteiger partial charge in [0.1, 0.15) is 0 Å². The molecule has 1 heterocycles. The fraction of sp³-hybridized carbons (Fsp3) is 0.294. The molecule has 0 unspecified atom stereocenters. The third-order valence-electron chi connectivity index (χ3n) is 3.88. The number of amides is 2. The van der Waals surface area contributed by atoms with Crippen LogP contribution in [0.3, 0.4) is 0 Å². The van der Waals surface area contributed by atoms with E-state index in [-0.39, 0.29) is 18.4 Å². The van der Waals surface area contributed by atoms with Crippen molar-refractivity contribution >= 4 is 22.6 Å². The van der Waals surface area contributed by atoms with Crippen LogP contribution in [-0.2, 0) is 16.0 Å². The van der Waals surface area contributed by atoms with Crippen LogP contribution >= 0.6 is 0 Å². The van der Waals surface area contributed by atoms with E-state index >= 15 is 0 Å². The monoisotopic (exact) mass is 282 g/mol. The van der Waals surface area contributed by atoms with Crippen LogP contribution in [0.5, 0.6) is 0 Å². The number of fused-ring (bicyclic) bond motifs is 1. The number of nitrogens with one attached hydrogen (secondary N) is 1. The first kappa shape index (κ1) is 13.6. The van der Waals surface area contributed by atoms with Gasteiger partial charge in [-0.1, -0.05) is 42.5 Å². The van der Waals surface area contributed by atoms with Crippen LogP contribution in [0.15, 0.2) is 42.5 Å². The van der Waals surface area contributed by atoms with Crippen molar-refractivity contribution in [1.82, 2.24) is 10.2 Å². The zero-order valence-electron chi connectivity index (χ0n) is 11.8. The second kappa shape index (κ2) is 5.95. The summed E-state index contributed by atoms with van der Waals surface area (Å²) in [5.74, 6) is -0.104. The Morgan fingerprint density at radius 3 is 2.57 bits per heavy atom. The maximum atomic E-state index is 12.0. The number of benzene rings is 2. The van der Waals surface area contributed by atoms with Crippen LogP contribution in [0.2, 0.25) is 0 Å². The Bertz CT molecular complexity index is 672. The van der Waals surface area contributed by atoms with Gasteiger partial charge in [-0.15, -0.1) is 0 Å². The van der Waals surface area contributed by atoms with Crippen molar-refractivity contribution in [2.45, 2.75) is 12.8 Å². The van der Waals surface area contributed by atoms with E-state index in [4.69, 9.17) is 0 Å². The van der Waals surface area contributed by atoms with Crippen molar-refractivity contribution in [1.29, 1.82) is 0 Å². The van der Waals surface area contributed by atoms with Gasteiger partial charge in [0, 0.05) is 13.1 Å². The summed E-state index contributed by atoms with van der Waals surface area (Å²) < 4.78 is 0. The van der Waals surface area contributed by atoms with Crippen LogP contribution < -0.4 is 5.32 Å². The van der Waals surface area contributed by atoms with Crippen LogP contribution in [-0.4, -0.2) is 36.3 Å². The molecule has 1 saturated heterocycles. The van der Waals surface area contributed by atoms with Crippen molar-refractivity contribution in [2.24, 2.45) is 0 Å². The van der Waals surface area contributed by atoms with Crippen molar-refractivity contribution in [3.8, 4) is 0 Å². The average Bonchev–Trinajstić information content (AvgIpc) is 2.44. The molecule has 0 aromatic heterocycles. The zero-order valence-corrected chi connectivity index (χ0v) is 11.8. The summed E-state index contributed by atoms with van der Waals surface area (Å²) in [7, 11) is 0. The number of carbonyl (C=O) groups excluding carboxylic acids is 2. The van der Waals surface area contributed by atoms with Gasteiger partial charge >= 0.3 is 0 Å². The highest BCUT2D eigenvalue weighted by Gasteiger charge is 2.20. The van der Waals surface area contributed by atoms with Gasteiger partial charge in [0.05, 0.1) is 13.0 Å². The number of rotatable bonds is 4. The number of hydrogen-bond donors (Lipinski definition) is 1. The molecule has 4 nitrogen and oxygen atoms in total. The quantitative estimate of drug-likeness (QED) is 0.928. The van der Waals surface area contributed by atoms with Crippen molar-refractivity contribution in [3.63, 3.8) is 0 Å². The average molecular weight is 282 g/mol. The molecule has 1 N–H and O–H groups in total. The van der Waals surface area contributed by atoms with E-state index in [1.165, 1.54) is 0 Å². The number of nitrogens with zero attached hydrogens (tertiary/aromatic N) is 1. The molecule has 0 radical (unpaired) electrons. The molecule has 0 atom stereocenters. The van der Waals surface area contributed by atoms with E-state index in [9.17, 15) is 9.59 Å². The van der Waals surface area contributed by atoms with Crippen LogP contribution in [0, 0.1) is 0 Å². The first-order chi connectivity index (χ1) is 10.2.